The van der Waals surface area contributed by atoms with E-state index in [1.54, 1.807) is 11.8 Å². The van der Waals surface area contributed by atoms with Crippen molar-refractivity contribution in [3.8, 4) is 11.8 Å². The van der Waals surface area contributed by atoms with Crippen LogP contribution in [0.2, 0.25) is 0 Å². The van der Waals surface area contributed by atoms with E-state index >= 15 is 0 Å². The van der Waals surface area contributed by atoms with Crippen LogP contribution in [0.15, 0.2) is 11.4 Å². The topological polar surface area (TPSA) is 63.1 Å². The van der Waals surface area contributed by atoms with E-state index in [-0.39, 0.29) is 0 Å². The van der Waals surface area contributed by atoms with Crippen LogP contribution in [-0.4, -0.2) is 26.8 Å². The highest BCUT2D eigenvalue weighted by molar-refractivity contribution is 7.99. The Kier molecular flexibility index (Phi) is 4.40. The first-order valence-corrected chi connectivity index (χ1v) is 7.45. The zero-order valence-electron chi connectivity index (χ0n) is 10.6. The van der Waals surface area contributed by atoms with Gasteiger partial charge in [-0.25, -0.2) is 14.8 Å². The number of aryl methyl sites for hydroxylation is 1. The lowest BCUT2D eigenvalue weighted by Gasteiger charge is -2.01. The van der Waals surface area contributed by atoms with Crippen LogP contribution in [0, 0.1) is 18.8 Å². The van der Waals surface area contributed by atoms with Gasteiger partial charge < -0.3 is 5.11 Å². The first-order chi connectivity index (χ1) is 9.15. The Labute approximate surface area is 119 Å². The SMILES string of the molecule is CC#CCCSc1ncnc2sc(C(=O)O)c(C)c12. The fourth-order valence-electron chi connectivity index (χ4n) is 1.68. The van der Waals surface area contributed by atoms with Crippen LogP contribution in [0.3, 0.4) is 0 Å². The molecule has 0 aliphatic rings. The van der Waals surface area contributed by atoms with Crippen LogP contribution in [0.1, 0.15) is 28.6 Å². The van der Waals surface area contributed by atoms with Crippen LogP contribution >= 0.6 is 23.1 Å². The molecule has 0 aliphatic heterocycles. The molecule has 2 heterocycles. The highest BCUT2D eigenvalue weighted by Crippen LogP contribution is 2.34. The van der Waals surface area contributed by atoms with Gasteiger partial charge in [-0.2, -0.15) is 0 Å². The van der Waals surface area contributed by atoms with Crippen molar-refractivity contribution >= 4 is 39.3 Å². The van der Waals surface area contributed by atoms with Gasteiger partial charge in [0.05, 0.1) is 0 Å². The minimum atomic E-state index is -0.909. The molecule has 19 heavy (non-hydrogen) atoms. The lowest BCUT2D eigenvalue weighted by Crippen LogP contribution is -1.94. The number of fused-ring (bicyclic) bond motifs is 1. The van der Waals surface area contributed by atoms with Crippen molar-refractivity contribution in [2.24, 2.45) is 0 Å². The van der Waals surface area contributed by atoms with E-state index in [4.69, 9.17) is 5.11 Å². The van der Waals surface area contributed by atoms with E-state index in [1.165, 1.54) is 17.7 Å². The molecule has 0 atom stereocenters. The van der Waals surface area contributed by atoms with Gasteiger partial charge in [0, 0.05) is 17.6 Å². The van der Waals surface area contributed by atoms with Crippen molar-refractivity contribution in [2.45, 2.75) is 25.3 Å². The second-order valence-electron chi connectivity index (χ2n) is 3.75. The van der Waals surface area contributed by atoms with Crippen LogP contribution in [0.5, 0.6) is 0 Å². The third-order valence-electron chi connectivity index (χ3n) is 2.53. The van der Waals surface area contributed by atoms with E-state index in [1.807, 2.05) is 13.8 Å². The molecule has 0 spiro atoms. The van der Waals surface area contributed by atoms with Crippen molar-refractivity contribution in [1.29, 1.82) is 0 Å². The molecule has 1 N–H and O–H groups in total. The summed E-state index contributed by atoms with van der Waals surface area (Å²) in [5.41, 5.74) is 0.747. The van der Waals surface area contributed by atoms with Gasteiger partial charge in [-0.05, 0) is 19.4 Å². The summed E-state index contributed by atoms with van der Waals surface area (Å²) in [5, 5.41) is 10.8. The quantitative estimate of drug-likeness (QED) is 0.406. The number of carboxylic acids is 1. The largest absolute Gasteiger partial charge is 0.477 e. The molecule has 2 aromatic rings. The Hall–Kier alpha value is -1.58. The van der Waals surface area contributed by atoms with Crippen LogP contribution in [-0.2, 0) is 0 Å². The summed E-state index contributed by atoms with van der Waals surface area (Å²) in [4.78, 5) is 20.6. The number of thioether (sulfide) groups is 1. The van der Waals surface area contributed by atoms with Gasteiger partial charge in [-0.15, -0.1) is 34.9 Å². The molecular formula is C13H12N2O2S2. The summed E-state index contributed by atoms with van der Waals surface area (Å²) < 4.78 is 0. The normalized spacial score (nSPS) is 10.2. The molecule has 0 fully saturated rings. The number of nitrogens with zero attached hydrogens (tertiary/aromatic N) is 2. The number of aromatic nitrogens is 2. The molecule has 0 bridgehead atoms. The van der Waals surface area contributed by atoms with Gasteiger partial charge in [-0.3, -0.25) is 0 Å². The zero-order chi connectivity index (χ0) is 13.8. The highest BCUT2D eigenvalue weighted by Gasteiger charge is 2.18. The molecule has 2 rings (SSSR count). The molecule has 4 nitrogen and oxygen atoms in total. The summed E-state index contributed by atoms with van der Waals surface area (Å²) in [6.07, 6.45) is 2.28. The number of hydrogen-bond acceptors (Lipinski definition) is 5. The standard InChI is InChI=1S/C13H12N2O2S2/c1-3-4-5-6-18-11-9-8(2)10(13(16)17)19-12(9)15-7-14-11/h7H,5-6H2,1-2H3,(H,16,17). The summed E-state index contributed by atoms with van der Waals surface area (Å²) in [6.45, 7) is 3.62. The Bertz CT molecular complexity index is 683. The predicted molar refractivity (Wildman–Crippen MR) is 77.9 cm³/mol. The number of carboxylic acid groups (broad SMARTS) is 1. The monoisotopic (exact) mass is 292 g/mol. The molecule has 6 heteroatoms. The van der Waals surface area contributed by atoms with Crippen molar-refractivity contribution in [3.63, 3.8) is 0 Å². The summed E-state index contributed by atoms with van der Waals surface area (Å²) in [5.74, 6) is 5.78. The summed E-state index contributed by atoms with van der Waals surface area (Å²) in [6, 6.07) is 0. The summed E-state index contributed by atoms with van der Waals surface area (Å²) >= 11 is 2.79. The number of carbonyl (C=O) groups is 1. The molecule has 0 saturated carbocycles. The molecule has 0 saturated heterocycles. The second kappa shape index (κ2) is 6.04. The maximum absolute atomic E-state index is 11.1. The first kappa shape index (κ1) is 13.8. The van der Waals surface area contributed by atoms with E-state index in [2.05, 4.69) is 21.8 Å². The molecule has 98 valence electrons. The number of aromatic carboxylic acids is 1. The average molecular weight is 292 g/mol. The van der Waals surface area contributed by atoms with Gasteiger partial charge in [0.1, 0.15) is 21.1 Å². The molecule has 0 unspecified atom stereocenters. The second-order valence-corrected chi connectivity index (χ2v) is 5.83. The number of thiophene rings is 1. The molecular weight excluding hydrogens is 280 g/mol. The maximum Gasteiger partial charge on any atom is 0.346 e. The lowest BCUT2D eigenvalue weighted by molar-refractivity contribution is 0.0701. The van der Waals surface area contributed by atoms with Crippen molar-refractivity contribution < 1.29 is 9.90 Å². The third kappa shape index (κ3) is 2.88. The molecule has 2 aromatic heterocycles. The van der Waals surface area contributed by atoms with Crippen molar-refractivity contribution in [2.75, 3.05) is 5.75 Å². The Morgan fingerprint density at radius 3 is 3.00 bits per heavy atom. The van der Waals surface area contributed by atoms with Gasteiger partial charge in [0.25, 0.3) is 0 Å². The number of rotatable bonds is 4. The molecule has 0 radical (unpaired) electrons. The molecule has 0 aromatic carbocycles. The van der Waals surface area contributed by atoms with Gasteiger partial charge >= 0.3 is 5.97 Å². The van der Waals surface area contributed by atoms with E-state index in [0.717, 1.165) is 33.0 Å². The third-order valence-corrected chi connectivity index (χ3v) is 4.71. The first-order valence-electron chi connectivity index (χ1n) is 5.65. The molecule has 0 aliphatic carbocycles. The fraction of sp³-hybridized carbons (Fsp3) is 0.308. The Balaban J connectivity index is 2.38. The number of hydrogen-bond donors (Lipinski definition) is 1. The maximum atomic E-state index is 11.1. The van der Waals surface area contributed by atoms with E-state index < -0.39 is 5.97 Å². The van der Waals surface area contributed by atoms with Gasteiger partial charge in [0.2, 0.25) is 0 Å². The average Bonchev–Trinajstić information content (AvgIpc) is 2.73. The van der Waals surface area contributed by atoms with Crippen molar-refractivity contribution in [3.05, 3.63) is 16.8 Å². The summed E-state index contributed by atoms with van der Waals surface area (Å²) in [7, 11) is 0. The van der Waals surface area contributed by atoms with Crippen LogP contribution in [0.25, 0.3) is 10.2 Å². The van der Waals surface area contributed by atoms with Gasteiger partial charge in [-0.1, -0.05) is 0 Å². The van der Waals surface area contributed by atoms with E-state index in [0.29, 0.717) is 4.88 Å². The fourth-order valence-corrected chi connectivity index (χ4v) is 3.64. The Morgan fingerprint density at radius 1 is 1.53 bits per heavy atom. The predicted octanol–water partition coefficient (Wildman–Crippen LogP) is 3.20. The Morgan fingerprint density at radius 2 is 2.32 bits per heavy atom. The molecule has 0 amide bonds. The highest BCUT2D eigenvalue weighted by atomic mass is 32.2. The minimum absolute atomic E-state index is 0.339. The van der Waals surface area contributed by atoms with Crippen molar-refractivity contribution in [1.82, 2.24) is 9.97 Å². The van der Waals surface area contributed by atoms with E-state index in [9.17, 15) is 4.79 Å². The minimum Gasteiger partial charge on any atom is -0.477 e. The zero-order valence-corrected chi connectivity index (χ0v) is 12.2. The van der Waals surface area contributed by atoms with Crippen LogP contribution < -0.4 is 0 Å². The van der Waals surface area contributed by atoms with Gasteiger partial charge in [0.15, 0.2) is 0 Å². The smallest absolute Gasteiger partial charge is 0.346 e. The lowest BCUT2D eigenvalue weighted by atomic mass is 10.2. The van der Waals surface area contributed by atoms with Crippen LogP contribution in [0.4, 0.5) is 0 Å².